The third-order valence-electron chi connectivity index (χ3n) is 7.88. The average molecular weight is 637 g/mol. The van der Waals surface area contributed by atoms with Gasteiger partial charge < -0.3 is 24.7 Å². The third kappa shape index (κ3) is 8.48. The lowest BCUT2D eigenvalue weighted by Gasteiger charge is -2.35. The van der Waals surface area contributed by atoms with Crippen molar-refractivity contribution in [1.29, 1.82) is 0 Å². The van der Waals surface area contributed by atoms with Gasteiger partial charge in [0.1, 0.15) is 18.1 Å². The zero-order chi connectivity index (χ0) is 31.6. The second-order valence-electron chi connectivity index (χ2n) is 11.1. The van der Waals surface area contributed by atoms with Crippen LogP contribution in [0, 0.1) is 11.8 Å². The van der Waals surface area contributed by atoms with Gasteiger partial charge in [0, 0.05) is 42.1 Å². The van der Waals surface area contributed by atoms with Crippen molar-refractivity contribution in [3.05, 3.63) is 69.7 Å². The molecule has 2 fully saturated rings. The summed E-state index contributed by atoms with van der Waals surface area (Å²) in [5.74, 6) is -1.97. The molecule has 0 aromatic heterocycles. The van der Waals surface area contributed by atoms with Crippen LogP contribution in [0.2, 0.25) is 5.02 Å². The Kier molecular flexibility index (Phi) is 10.1. The van der Waals surface area contributed by atoms with Gasteiger partial charge in [0.2, 0.25) is 0 Å². The molecule has 6 atom stereocenters. The van der Waals surface area contributed by atoms with Crippen LogP contribution in [0.5, 0.6) is 0 Å². The SMILES string of the molecule is CC(O)(NCc1cc(C(F)(F)F)cc(C(F)(F)F)c1)C1C[C@@H](NC2CCOCC2OC(=O)c2cccc(Cl)c2)C[C@H]1C=O. The predicted octanol–water partition coefficient (Wildman–Crippen LogP) is 5.37. The zero-order valence-corrected chi connectivity index (χ0v) is 23.7. The lowest BCUT2D eigenvalue weighted by molar-refractivity contribution is -0.143. The number of rotatable bonds is 9. The molecular weight excluding hydrogens is 606 g/mol. The molecule has 2 aromatic rings. The lowest BCUT2D eigenvalue weighted by atomic mass is 9.87. The van der Waals surface area contributed by atoms with Crippen LogP contribution in [0.15, 0.2) is 42.5 Å². The van der Waals surface area contributed by atoms with Crippen molar-refractivity contribution < 1.29 is 50.5 Å². The number of aliphatic hydroxyl groups is 1. The number of hydrogen-bond donors (Lipinski definition) is 3. The smallest absolute Gasteiger partial charge is 0.416 e. The van der Waals surface area contributed by atoms with Crippen molar-refractivity contribution in [3.8, 4) is 0 Å². The molecule has 1 saturated carbocycles. The van der Waals surface area contributed by atoms with Crippen LogP contribution in [0.1, 0.15) is 53.2 Å². The zero-order valence-electron chi connectivity index (χ0n) is 23.0. The fourth-order valence-electron chi connectivity index (χ4n) is 5.68. The van der Waals surface area contributed by atoms with Gasteiger partial charge in [-0.25, -0.2) is 4.79 Å². The van der Waals surface area contributed by atoms with E-state index < -0.39 is 59.7 Å². The molecule has 0 spiro atoms. The summed E-state index contributed by atoms with van der Waals surface area (Å²) in [5.41, 5.74) is -4.80. The van der Waals surface area contributed by atoms with Crippen molar-refractivity contribution in [3.63, 3.8) is 0 Å². The summed E-state index contributed by atoms with van der Waals surface area (Å²) in [6.07, 6.45) is -8.93. The van der Waals surface area contributed by atoms with Gasteiger partial charge in [-0.1, -0.05) is 17.7 Å². The van der Waals surface area contributed by atoms with Crippen LogP contribution < -0.4 is 10.6 Å². The molecule has 0 amide bonds. The predicted molar refractivity (Wildman–Crippen MR) is 143 cm³/mol. The van der Waals surface area contributed by atoms with E-state index in [9.17, 15) is 41.0 Å². The van der Waals surface area contributed by atoms with E-state index >= 15 is 0 Å². The minimum Gasteiger partial charge on any atom is -0.455 e. The standard InChI is InChI=1S/C29H31ClF6N2O5/c1-27(41,37-13-16-7-19(28(31,32)33)11-20(8-16)29(34,35)36)23-12-22(10-18(23)14-39)38-24-5-6-42-15-25(24)43-26(40)17-3-2-4-21(30)9-17/h2-4,7-9,11,14,18,22-25,37-38,41H,5-6,10,12-13,15H2,1H3/t18-,22-,23?,24?,25?,27?/m0/s1. The molecule has 14 heteroatoms. The van der Waals surface area contributed by atoms with Crippen LogP contribution >= 0.6 is 11.6 Å². The first kappa shape index (κ1) is 33.2. The Labute approximate surface area is 248 Å². The molecule has 1 heterocycles. The molecule has 2 aromatic carbocycles. The van der Waals surface area contributed by atoms with Gasteiger partial charge in [-0.15, -0.1) is 0 Å². The Morgan fingerprint density at radius 3 is 2.37 bits per heavy atom. The van der Waals surface area contributed by atoms with E-state index in [0.717, 1.165) is 0 Å². The Morgan fingerprint density at radius 2 is 1.77 bits per heavy atom. The second kappa shape index (κ2) is 13.1. The van der Waals surface area contributed by atoms with Crippen LogP contribution in [0.25, 0.3) is 0 Å². The molecule has 3 N–H and O–H groups in total. The van der Waals surface area contributed by atoms with Crippen LogP contribution in [-0.2, 0) is 33.2 Å². The Balaban J connectivity index is 1.43. The summed E-state index contributed by atoms with van der Waals surface area (Å²) in [6.45, 7) is 1.35. The summed E-state index contributed by atoms with van der Waals surface area (Å²) in [6, 6.07) is 6.84. The average Bonchev–Trinajstić information content (AvgIpc) is 3.36. The van der Waals surface area contributed by atoms with Gasteiger partial charge in [0.15, 0.2) is 0 Å². The number of carbonyl (C=O) groups excluding carboxylic acids is 2. The highest BCUT2D eigenvalue weighted by Gasteiger charge is 2.46. The summed E-state index contributed by atoms with van der Waals surface area (Å²) < 4.78 is 90.8. The molecule has 4 unspecified atom stereocenters. The molecule has 1 aliphatic heterocycles. The van der Waals surface area contributed by atoms with E-state index in [0.29, 0.717) is 42.9 Å². The topological polar surface area (TPSA) is 96.9 Å². The van der Waals surface area contributed by atoms with E-state index in [4.69, 9.17) is 21.1 Å². The maximum absolute atomic E-state index is 13.3. The van der Waals surface area contributed by atoms with Crippen molar-refractivity contribution in [2.24, 2.45) is 11.8 Å². The second-order valence-corrected chi connectivity index (χ2v) is 11.5. The van der Waals surface area contributed by atoms with Crippen LogP contribution in [-0.4, -0.2) is 54.5 Å². The summed E-state index contributed by atoms with van der Waals surface area (Å²) >= 11 is 5.97. The normalized spacial score (nSPS) is 26.1. The molecular formula is C29H31ClF6N2O5. The van der Waals surface area contributed by atoms with Gasteiger partial charge in [0.05, 0.1) is 23.3 Å². The Bertz CT molecular complexity index is 1270. The number of ether oxygens (including phenoxy) is 2. The van der Waals surface area contributed by atoms with E-state index in [1.807, 2.05) is 0 Å². The van der Waals surface area contributed by atoms with Crippen molar-refractivity contribution in [1.82, 2.24) is 10.6 Å². The third-order valence-corrected chi connectivity index (χ3v) is 8.11. The van der Waals surface area contributed by atoms with Gasteiger partial charge in [0.25, 0.3) is 0 Å². The number of alkyl halides is 6. The largest absolute Gasteiger partial charge is 0.455 e. The first-order chi connectivity index (χ1) is 20.1. The maximum Gasteiger partial charge on any atom is 0.416 e. The molecule has 2 aliphatic rings. The van der Waals surface area contributed by atoms with Gasteiger partial charge >= 0.3 is 18.3 Å². The number of halogens is 7. The molecule has 0 radical (unpaired) electrons. The lowest BCUT2D eigenvalue weighted by Crippen LogP contribution is -2.52. The number of hydrogen-bond acceptors (Lipinski definition) is 7. The van der Waals surface area contributed by atoms with Crippen LogP contribution in [0.3, 0.4) is 0 Å². The van der Waals surface area contributed by atoms with Gasteiger partial charge in [-0.3, -0.25) is 5.32 Å². The number of nitrogens with one attached hydrogen (secondary N) is 2. The first-order valence-electron chi connectivity index (χ1n) is 13.6. The monoisotopic (exact) mass is 636 g/mol. The molecule has 7 nitrogen and oxygen atoms in total. The molecule has 1 aliphatic carbocycles. The number of esters is 1. The fraction of sp³-hybridized carbons (Fsp3) is 0.517. The minimum atomic E-state index is -5.00. The number of carbonyl (C=O) groups is 2. The molecule has 1 saturated heterocycles. The fourth-order valence-corrected chi connectivity index (χ4v) is 5.87. The van der Waals surface area contributed by atoms with Crippen molar-refractivity contribution in [2.75, 3.05) is 13.2 Å². The first-order valence-corrected chi connectivity index (χ1v) is 14.0. The van der Waals surface area contributed by atoms with E-state index in [1.165, 1.54) is 13.0 Å². The van der Waals surface area contributed by atoms with E-state index in [2.05, 4.69) is 10.6 Å². The van der Waals surface area contributed by atoms with Crippen molar-refractivity contribution in [2.45, 2.75) is 69.0 Å². The highest BCUT2D eigenvalue weighted by molar-refractivity contribution is 6.30. The molecule has 43 heavy (non-hydrogen) atoms. The van der Waals surface area contributed by atoms with Gasteiger partial charge in [-0.2, -0.15) is 26.3 Å². The number of benzene rings is 2. The van der Waals surface area contributed by atoms with E-state index in [-0.39, 0.29) is 42.3 Å². The minimum absolute atomic E-state index is 0.0349. The van der Waals surface area contributed by atoms with Gasteiger partial charge in [-0.05, 0) is 68.1 Å². The summed E-state index contributed by atoms with van der Waals surface area (Å²) in [5, 5.41) is 17.7. The molecule has 4 rings (SSSR count). The maximum atomic E-state index is 13.3. The highest BCUT2D eigenvalue weighted by Crippen LogP contribution is 2.39. The van der Waals surface area contributed by atoms with Crippen molar-refractivity contribution >= 4 is 23.9 Å². The molecule has 236 valence electrons. The summed E-state index contributed by atoms with van der Waals surface area (Å²) in [4.78, 5) is 24.7. The summed E-state index contributed by atoms with van der Waals surface area (Å²) in [7, 11) is 0. The highest BCUT2D eigenvalue weighted by atomic mass is 35.5. The quantitative estimate of drug-likeness (QED) is 0.147. The van der Waals surface area contributed by atoms with E-state index in [1.54, 1.807) is 18.2 Å². The van der Waals surface area contributed by atoms with Crippen LogP contribution in [0.4, 0.5) is 26.3 Å². The number of aldehydes is 1. The Hall–Kier alpha value is -2.71. The molecule has 0 bridgehead atoms. The Morgan fingerprint density at radius 1 is 1.09 bits per heavy atom.